The van der Waals surface area contributed by atoms with E-state index in [4.69, 9.17) is 23.2 Å². The molecule has 0 bridgehead atoms. The van der Waals surface area contributed by atoms with Crippen molar-refractivity contribution in [2.75, 3.05) is 13.1 Å². The van der Waals surface area contributed by atoms with Crippen LogP contribution >= 0.6 is 35.6 Å². The first-order valence-corrected chi connectivity index (χ1v) is 8.68. The lowest BCUT2D eigenvalue weighted by Gasteiger charge is -2.28. The first-order chi connectivity index (χ1) is 10.5. The van der Waals surface area contributed by atoms with Crippen LogP contribution < -0.4 is 10.6 Å². The van der Waals surface area contributed by atoms with Gasteiger partial charge in [-0.1, -0.05) is 36.2 Å². The molecule has 130 valence electrons. The van der Waals surface area contributed by atoms with E-state index in [2.05, 4.69) is 17.6 Å². The van der Waals surface area contributed by atoms with E-state index in [0.29, 0.717) is 28.3 Å². The second-order valence-corrected chi connectivity index (χ2v) is 7.07. The first-order valence-electron chi connectivity index (χ1n) is 7.92. The van der Waals surface area contributed by atoms with Crippen molar-refractivity contribution < 1.29 is 4.79 Å². The van der Waals surface area contributed by atoms with E-state index in [1.54, 1.807) is 12.1 Å². The summed E-state index contributed by atoms with van der Waals surface area (Å²) >= 11 is 12.1. The number of nitrogens with one attached hydrogen (secondary N) is 2. The van der Waals surface area contributed by atoms with Crippen molar-refractivity contribution in [1.82, 2.24) is 10.6 Å². The van der Waals surface area contributed by atoms with Crippen LogP contribution in [0, 0.1) is 11.8 Å². The van der Waals surface area contributed by atoms with E-state index in [0.717, 1.165) is 31.5 Å². The van der Waals surface area contributed by atoms with Crippen LogP contribution in [0.15, 0.2) is 18.2 Å². The van der Waals surface area contributed by atoms with Crippen LogP contribution in [0.3, 0.4) is 0 Å². The molecule has 1 amide bonds. The van der Waals surface area contributed by atoms with E-state index in [1.165, 1.54) is 0 Å². The average molecular weight is 380 g/mol. The van der Waals surface area contributed by atoms with E-state index in [9.17, 15) is 4.79 Å². The fraction of sp³-hybridized carbons (Fsp3) is 0.588. The quantitative estimate of drug-likeness (QED) is 0.784. The van der Waals surface area contributed by atoms with Crippen LogP contribution in [-0.2, 0) is 4.79 Å². The molecule has 2 unspecified atom stereocenters. The van der Waals surface area contributed by atoms with Gasteiger partial charge in [-0.05, 0) is 62.4 Å². The van der Waals surface area contributed by atoms with Gasteiger partial charge in [-0.25, -0.2) is 0 Å². The SMILES string of the molecule is CC(NC(=O)CC(C)C1CCNCC1)c1ccc(Cl)cc1Cl.Cl. The largest absolute Gasteiger partial charge is 0.350 e. The van der Waals surface area contributed by atoms with E-state index < -0.39 is 0 Å². The highest BCUT2D eigenvalue weighted by Gasteiger charge is 2.23. The molecule has 0 saturated carbocycles. The Morgan fingerprint density at radius 2 is 1.96 bits per heavy atom. The Hall–Kier alpha value is -0.480. The van der Waals surface area contributed by atoms with Crippen molar-refractivity contribution in [1.29, 1.82) is 0 Å². The number of carbonyl (C=O) groups excluding carboxylic acids is 1. The minimum atomic E-state index is -0.113. The summed E-state index contributed by atoms with van der Waals surface area (Å²) in [5, 5.41) is 7.60. The van der Waals surface area contributed by atoms with Gasteiger partial charge in [0.2, 0.25) is 5.91 Å². The molecule has 0 spiro atoms. The molecule has 3 nitrogen and oxygen atoms in total. The third kappa shape index (κ3) is 6.15. The molecule has 0 aromatic heterocycles. The number of halogens is 3. The molecule has 1 saturated heterocycles. The molecular formula is C17H25Cl3N2O. The Morgan fingerprint density at radius 1 is 1.30 bits per heavy atom. The van der Waals surface area contributed by atoms with Crippen molar-refractivity contribution in [2.24, 2.45) is 11.8 Å². The number of hydrogen-bond acceptors (Lipinski definition) is 2. The van der Waals surface area contributed by atoms with Gasteiger partial charge in [-0.3, -0.25) is 4.79 Å². The van der Waals surface area contributed by atoms with Gasteiger partial charge < -0.3 is 10.6 Å². The fourth-order valence-electron chi connectivity index (χ4n) is 3.10. The van der Waals surface area contributed by atoms with Crippen molar-refractivity contribution in [2.45, 2.75) is 39.2 Å². The van der Waals surface area contributed by atoms with Gasteiger partial charge >= 0.3 is 0 Å². The van der Waals surface area contributed by atoms with E-state index in [-0.39, 0.29) is 24.4 Å². The molecule has 6 heteroatoms. The van der Waals surface area contributed by atoms with Crippen LogP contribution in [0.25, 0.3) is 0 Å². The molecule has 1 aromatic rings. The topological polar surface area (TPSA) is 41.1 Å². The van der Waals surface area contributed by atoms with Gasteiger partial charge in [0, 0.05) is 16.5 Å². The van der Waals surface area contributed by atoms with Crippen molar-refractivity contribution in [3.8, 4) is 0 Å². The van der Waals surface area contributed by atoms with E-state index >= 15 is 0 Å². The van der Waals surface area contributed by atoms with Crippen LogP contribution in [-0.4, -0.2) is 19.0 Å². The number of piperidine rings is 1. The molecule has 23 heavy (non-hydrogen) atoms. The molecule has 1 fully saturated rings. The monoisotopic (exact) mass is 378 g/mol. The Bertz CT molecular complexity index is 519. The lowest BCUT2D eigenvalue weighted by atomic mass is 9.84. The Morgan fingerprint density at radius 3 is 2.57 bits per heavy atom. The zero-order valence-electron chi connectivity index (χ0n) is 13.6. The summed E-state index contributed by atoms with van der Waals surface area (Å²) in [5.41, 5.74) is 0.897. The zero-order chi connectivity index (χ0) is 16.1. The minimum Gasteiger partial charge on any atom is -0.350 e. The van der Waals surface area contributed by atoms with Gasteiger partial charge in [-0.15, -0.1) is 12.4 Å². The number of hydrogen-bond donors (Lipinski definition) is 2. The lowest BCUT2D eigenvalue weighted by Crippen LogP contribution is -2.34. The number of amides is 1. The molecule has 2 N–H and O–H groups in total. The summed E-state index contributed by atoms with van der Waals surface area (Å²) in [6.07, 6.45) is 2.89. The van der Waals surface area contributed by atoms with Gasteiger partial charge in [0.15, 0.2) is 0 Å². The predicted octanol–water partition coefficient (Wildman–Crippen LogP) is 4.62. The number of benzene rings is 1. The molecule has 1 aliphatic heterocycles. The summed E-state index contributed by atoms with van der Waals surface area (Å²) in [5.74, 6) is 1.14. The van der Waals surface area contributed by atoms with Crippen LogP contribution in [0.1, 0.15) is 44.7 Å². The molecule has 1 heterocycles. The highest BCUT2D eigenvalue weighted by atomic mass is 35.5. The average Bonchev–Trinajstić information content (AvgIpc) is 2.47. The molecule has 0 aliphatic carbocycles. The smallest absolute Gasteiger partial charge is 0.220 e. The Kier molecular flexibility index (Phi) is 8.70. The van der Waals surface area contributed by atoms with Gasteiger partial charge in [0.05, 0.1) is 6.04 Å². The third-order valence-corrected chi connectivity index (χ3v) is 5.06. The van der Waals surface area contributed by atoms with Gasteiger partial charge in [0.1, 0.15) is 0 Å². The second kappa shape index (κ2) is 9.73. The van der Waals surface area contributed by atoms with Crippen molar-refractivity contribution in [3.05, 3.63) is 33.8 Å². The summed E-state index contributed by atoms with van der Waals surface area (Å²) in [6.45, 7) is 6.25. The number of carbonyl (C=O) groups is 1. The normalized spacial score (nSPS) is 17.9. The minimum absolute atomic E-state index is 0. The maximum absolute atomic E-state index is 12.3. The molecule has 1 aromatic carbocycles. The highest BCUT2D eigenvalue weighted by molar-refractivity contribution is 6.35. The molecular weight excluding hydrogens is 355 g/mol. The maximum Gasteiger partial charge on any atom is 0.220 e. The fourth-order valence-corrected chi connectivity index (χ4v) is 3.68. The highest BCUT2D eigenvalue weighted by Crippen LogP contribution is 2.27. The van der Waals surface area contributed by atoms with Gasteiger partial charge in [-0.2, -0.15) is 0 Å². The summed E-state index contributed by atoms with van der Waals surface area (Å²) < 4.78 is 0. The van der Waals surface area contributed by atoms with Crippen LogP contribution in [0.5, 0.6) is 0 Å². The van der Waals surface area contributed by atoms with E-state index in [1.807, 2.05) is 13.0 Å². The first kappa shape index (κ1) is 20.6. The summed E-state index contributed by atoms with van der Waals surface area (Å²) in [4.78, 5) is 12.3. The molecule has 0 radical (unpaired) electrons. The standard InChI is InChI=1S/C17H24Cl2N2O.ClH/c1-11(13-5-7-20-8-6-13)9-17(22)21-12(2)15-4-3-14(18)10-16(15)19;/h3-4,10-13,20H,5-9H2,1-2H3,(H,21,22);1H. The third-order valence-electron chi connectivity index (χ3n) is 4.50. The predicted molar refractivity (Wildman–Crippen MR) is 99.6 cm³/mol. The van der Waals surface area contributed by atoms with Crippen molar-refractivity contribution >= 4 is 41.5 Å². The van der Waals surface area contributed by atoms with Gasteiger partial charge in [0.25, 0.3) is 0 Å². The maximum atomic E-state index is 12.3. The Labute approximate surface area is 154 Å². The molecule has 1 aliphatic rings. The summed E-state index contributed by atoms with van der Waals surface area (Å²) in [6, 6.07) is 5.26. The lowest BCUT2D eigenvalue weighted by molar-refractivity contribution is -0.123. The number of rotatable bonds is 5. The summed E-state index contributed by atoms with van der Waals surface area (Å²) in [7, 11) is 0. The Balaban J connectivity index is 0.00000264. The molecule has 2 rings (SSSR count). The van der Waals surface area contributed by atoms with Crippen molar-refractivity contribution in [3.63, 3.8) is 0 Å². The zero-order valence-corrected chi connectivity index (χ0v) is 15.9. The van der Waals surface area contributed by atoms with Crippen LogP contribution in [0.2, 0.25) is 10.0 Å². The second-order valence-electron chi connectivity index (χ2n) is 6.22. The molecule has 2 atom stereocenters. The van der Waals surface area contributed by atoms with Crippen LogP contribution in [0.4, 0.5) is 0 Å².